The monoisotopic (exact) mass is 273 g/mol. The second-order valence-electron chi connectivity index (χ2n) is 8.06. The molecule has 2 N–H and O–H groups in total. The van der Waals surface area contributed by atoms with E-state index in [9.17, 15) is 0 Å². The maximum Gasteiger partial charge on any atom is 0.0409 e. The summed E-state index contributed by atoms with van der Waals surface area (Å²) in [5.74, 6) is 1.66. The SMILES string of the molecule is CC(C)C1CCC(N)(c2ccc(C(C)(C)C)cc2)CC1. The van der Waals surface area contributed by atoms with Crippen LogP contribution in [-0.4, -0.2) is 0 Å². The molecule has 0 aliphatic heterocycles. The second kappa shape index (κ2) is 5.52. The van der Waals surface area contributed by atoms with Crippen molar-refractivity contribution in [2.75, 3.05) is 0 Å². The molecule has 0 spiro atoms. The fourth-order valence-electron chi connectivity index (χ4n) is 3.41. The predicted octanol–water partition coefficient (Wildman–Crippen LogP) is 4.98. The lowest BCUT2D eigenvalue weighted by Gasteiger charge is -2.39. The lowest BCUT2D eigenvalue weighted by Crippen LogP contribution is -2.41. The zero-order valence-electron chi connectivity index (χ0n) is 13.9. The van der Waals surface area contributed by atoms with E-state index in [-0.39, 0.29) is 11.0 Å². The van der Waals surface area contributed by atoms with Gasteiger partial charge in [-0.25, -0.2) is 0 Å². The topological polar surface area (TPSA) is 26.0 Å². The Hall–Kier alpha value is -0.820. The molecule has 1 aliphatic rings. The van der Waals surface area contributed by atoms with Crippen LogP contribution < -0.4 is 5.73 Å². The summed E-state index contributed by atoms with van der Waals surface area (Å²) in [6.45, 7) is 11.5. The summed E-state index contributed by atoms with van der Waals surface area (Å²) in [5, 5.41) is 0. The van der Waals surface area contributed by atoms with Gasteiger partial charge in [-0.1, -0.05) is 58.9 Å². The molecule has 0 bridgehead atoms. The van der Waals surface area contributed by atoms with Crippen LogP contribution in [0.3, 0.4) is 0 Å². The van der Waals surface area contributed by atoms with Gasteiger partial charge in [0.1, 0.15) is 0 Å². The number of hydrogen-bond acceptors (Lipinski definition) is 1. The lowest BCUT2D eigenvalue weighted by molar-refractivity contribution is 0.196. The lowest BCUT2D eigenvalue weighted by atomic mass is 9.70. The summed E-state index contributed by atoms with van der Waals surface area (Å²) >= 11 is 0. The van der Waals surface area contributed by atoms with E-state index in [1.807, 2.05) is 0 Å². The van der Waals surface area contributed by atoms with Crippen molar-refractivity contribution in [3.8, 4) is 0 Å². The van der Waals surface area contributed by atoms with E-state index in [1.54, 1.807) is 0 Å². The van der Waals surface area contributed by atoms with Crippen molar-refractivity contribution in [1.82, 2.24) is 0 Å². The highest BCUT2D eigenvalue weighted by atomic mass is 14.7. The minimum Gasteiger partial charge on any atom is -0.321 e. The normalized spacial score (nSPS) is 27.9. The molecule has 1 heteroatoms. The zero-order valence-corrected chi connectivity index (χ0v) is 13.9. The van der Waals surface area contributed by atoms with Crippen molar-refractivity contribution in [2.45, 2.75) is 71.3 Å². The summed E-state index contributed by atoms with van der Waals surface area (Å²) in [5.41, 5.74) is 9.54. The van der Waals surface area contributed by atoms with Gasteiger partial charge in [-0.2, -0.15) is 0 Å². The van der Waals surface area contributed by atoms with Crippen molar-refractivity contribution in [3.63, 3.8) is 0 Å². The van der Waals surface area contributed by atoms with Crippen LogP contribution in [0.15, 0.2) is 24.3 Å². The Labute approximate surface area is 125 Å². The Morgan fingerprint density at radius 1 is 1.05 bits per heavy atom. The number of hydrogen-bond donors (Lipinski definition) is 1. The molecule has 1 aliphatic carbocycles. The van der Waals surface area contributed by atoms with Crippen LogP contribution in [0.2, 0.25) is 0 Å². The highest BCUT2D eigenvalue weighted by Crippen LogP contribution is 2.40. The average Bonchev–Trinajstić information content (AvgIpc) is 2.38. The Morgan fingerprint density at radius 2 is 1.55 bits per heavy atom. The Balaban J connectivity index is 2.12. The first-order valence-electron chi connectivity index (χ1n) is 8.12. The largest absolute Gasteiger partial charge is 0.321 e. The van der Waals surface area contributed by atoms with Gasteiger partial charge in [0.15, 0.2) is 0 Å². The van der Waals surface area contributed by atoms with E-state index in [1.165, 1.54) is 24.0 Å². The van der Waals surface area contributed by atoms with Crippen LogP contribution in [0.4, 0.5) is 0 Å². The minimum atomic E-state index is -0.0954. The molecule has 1 nitrogen and oxygen atoms in total. The van der Waals surface area contributed by atoms with Gasteiger partial charge in [0, 0.05) is 5.54 Å². The first-order chi connectivity index (χ1) is 9.22. The average molecular weight is 273 g/mol. The molecule has 20 heavy (non-hydrogen) atoms. The molecule has 1 saturated carbocycles. The number of benzene rings is 1. The van der Waals surface area contributed by atoms with Crippen LogP contribution in [0.25, 0.3) is 0 Å². The molecule has 1 aromatic rings. The Bertz CT molecular complexity index is 428. The molecule has 0 aromatic heterocycles. The summed E-state index contributed by atoms with van der Waals surface area (Å²) in [6, 6.07) is 9.05. The van der Waals surface area contributed by atoms with Gasteiger partial charge < -0.3 is 5.73 Å². The van der Waals surface area contributed by atoms with Crippen molar-refractivity contribution in [1.29, 1.82) is 0 Å². The smallest absolute Gasteiger partial charge is 0.0409 e. The Morgan fingerprint density at radius 3 is 1.95 bits per heavy atom. The van der Waals surface area contributed by atoms with E-state index in [4.69, 9.17) is 5.73 Å². The molecule has 0 atom stereocenters. The molecule has 0 radical (unpaired) electrons. The third-order valence-electron chi connectivity index (χ3n) is 5.19. The van der Waals surface area contributed by atoms with Gasteiger partial charge >= 0.3 is 0 Å². The van der Waals surface area contributed by atoms with E-state index < -0.39 is 0 Å². The number of rotatable bonds is 2. The molecule has 0 saturated heterocycles. The van der Waals surface area contributed by atoms with Crippen molar-refractivity contribution in [2.24, 2.45) is 17.6 Å². The molecule has 0 unspecified atom stereocenters. The summed E-state index contributed by atoms with van der Waals surface area (Å²) in [7, 11) is 0. The van der Waals surface area contributed by atoms with Crippen LogP contribution >= 0.6 is 0 Å². The van der Waals surface area contributed by atoms with Gasteiger partial charge in [-0.3, -0.25) is 0 Å². The standard InChI is InChI=1S/C19H31N/c1-14(2)15-10-12-19(20,13-11-15)17-8-6-16(7-9-17)18(3,4)5/h6-9,14-15H,10-13,20H2,1-5H3. The van der Waals surface area contributed by atoms with E-state index in [0.717, 1.165) is 24.7 Å². The molecular weight excluding hydrogens is 242 g/mol. The summed E-state index contributed by atoms with van der Waals surface area (Å²) in [6.07, 6.45) is 4.81. The maximum atomic E-state index is 6.70. The summed E-state index contributed by atoms with van der Waals surface area (Å²) < 4.78 is 0. The van der Waals surface area contributed by atoms with Crippen LogP contribution in [-0.2, 0) is 11.0 Å². The molecule has 2 rings (SSSR count). The molecule has 112 valence electrons. The van der Waals surface area contributed by atoms with Gasteiger partial charge in [0.05, 0.1) is 0 Å². The van der Waals surface area contributed by atoms with Gasteiger partial charge in [-0.15, -0.1) is 0 Å². The van der Waals surface area contributed by atoms with Gasteiger partial charge in [-0.05, 0) is 54.1 Å². The quantitative estimate of drug-likeness (QED) is 0.807. The van der Waals surface area contributed by atoms with Crippen LogP contribution in [0.1, 0.15) is 71.4 Å². The van der Waals surface area contributed by atoms with E-state index in [0.29, 0.717) is 0 Å². The first kappa shape index (κ1) is 15.6. The van der Waals surface area contributed by atoms with Crippen molar-refractivity contribution in [3.05, 3.63) is 35.4 Å². The highest BCUT2D eigenvalue weighted by Gasteiger charge is 2.34. The first-order valence-corrected chi connectivity index (χ1v) is 8.12. The number of nitrogens with two attached hydrogens (primary N) is 1. The van der Waals surface area contributed by atoms with Crippen LogP contribution in [0, 0.1) is 11.8 Å². The minimum absolute atomic E-state index is 0.0954. The molecule has 0 heterocycles. The molecule has 0 amide bonds. The van der Waals surface area contributed by atoms with E-state index in [2.05, 4.69) is 58.9 Å². The van der Waals surface area contributed by atoms with Gasteiger partial charge in [0.2, 0.25) is 0 Å². The fraction of sp³-hybridized carbons (Fsp3) is 0.684. The fourth-order valence-corrected chi connectivity index (χ4v) is 3.41. The third kappa shape index (κ3) is 3.25. The Kier molecular flexibility index (Phi) is 4.30. The van der Waals surface area contributed by atoms with Gasteiger partial charge in [0.25, 0.3) is 0 Å². The van der Waals surface area contributed by atoms with E-state index >= 15 is 0 Å². The molecular formula is C19H31N. The maximum absolute atomic E-state index is 6.70. The summed E-state index contributed by atoms with van der Waals surface area (Å²) in [4.78, 5) is 0. The van der Waals surface area contributed by atoms with Crippen LogP contribution in [0.5, 0.6) is 0 Å². The molecule has 1 aromatic carbocycles. The predicted molar refractivity (Wildman–Crippen MR) is 87.8 cm³/mol. The highest BCUT2D eigenvalue weighted by molar-refractivity contribution is 5.32. The molecule has 1 fully saturated rings. The van der Waals surface area contributed by atoms with Crippen molar-refractivity contribution < 1.29 is 0 Å². The third-order valence-corrected chi connectivity index (χ3v) is 5.19. The second-order valence-corrected chi connectivity index (χ2v) is 8.06. The zero-order chi connectivity index (χ0) is 15.0. The van der Waals surface area contributed by atoms with Crippen molar-refractivity contribution >= 4 is 0 Å².